The Morgan fingerprint density at radius 1 is 1.10 bits per heavy atom. The van der Waals surface area contributed by atoms with E-state index < -0.39 is 42.5 Å². The third-order valence-electron chi connectivity index (χ3n) is 6.51. The number of hydrogen-bond acceptors (Lipinski definition) is 10. The molecule has 2 aromatic carbocycles. The summed E-state index contributed by atoms with van der Waals surface area (Å²) in [6, 6.07) is 13.3. The van der Waals surface area contributed by atoms with E-state index in [0.29, 0.717) is 17.0 Å². The van der Waals surface area contributed by atoms with Crippen LogP contribution in [0.5, 0.6) is 5.75 Å². The lowest BCUT2D eigenvalue weighted by molar-refractivity contribution is -0.159. The van der Waals surface area contributed by atoms with Gasteiger partial charge in [0.1, 0.15) is 36.4 Å². The summed E-state index contributed by atoms with van der Waals surface area (Å²) in [7, 11) is 0. The van der Waals surface area contributed by atoms with E-state index in [1.165, 1.54) is 17.2 Å². The maximum atomic E-state index is 13.7. The van der Waals surface area contributed by atoms with E-state index in [9.17, 15) is 19.8 Å². The second kappa shape index (κ2) is 10.3. The molecule has 0 radical (unpaired) electrons. The zero-order chi connectivity index (χ0) is 27.7. The molecule has 1 aliphatic rings. The van der Waals surface area contributed by atoms with Crippen LogP contribution in [0.2, 0.25) is 0 Å². The number of imidazole rings is 1. The number of rotatable bonds is 8. The smallest absolute Gasteiger partial charge is 0.307 e. The van der Waals surface area contributed by atoms with Crippen molar-refractivity contribution in [3.05, 3.63) is 72.3 Å². The number of aliphatic hydroxyl groups excluding tert-OH is 2. The highest BCUT2D eigenvalue weighted by atomic mass is 16.6. The van der Waals surface area contributed by atoms with Crippen molar-refractivity contribution < 1.29 is 34.4 Å². The number of carboxylic acids is 1. The van der Waals surface area contributed by atoms with E-state index in [4.69, 9.17) is 20.3 Å². The average Bonchev–Trinajstić information content (AvgIpc) is 3.45. The standard InChI is InChI=1S/C26H26N6O7/c1-14-2-6-16(7-3-14)31-25(37)26(11-38-17-8-4-15(5-9-17)10-18(33)34)21(36)20(35)24(39-26)32-13-30-19-22(27)28-12-29-23(19)32/h2-9,12-13,20-21,24,35-36H,10-11H2,1H3,(H,31,37)(H,33,34)(H2,27,28,29)/t20-,21+,24-,26-/m1/s1. The molecular formula is C26H26N6O7. The Bertz CT molecular complexity index is 1510. The van der Waals surface area contributed by atoms with Gasteiger partial charge < -0.3 is 35.8 Å². The number of fused-ring (bicyclic) bond motifs is 1. The van der Waals surface area contributed by atoms with Gasteiger partial charge >= 0.3 is 5.97 Å². The van der Waals surface area contributed by atoms with E-state index in [-0.39, 0.29) is 23.4 Å². The molecule has 6 N–H and O–H groups in total. The molecule has 2 aromatic heterocycles. The molecular weight excluding hydrogens is 508 g/mol. The summed E-state index contributed by atoms with van der Waals surface area (Å²) in [6.07, 6.45) is -2.19. The predicted molar refractivity (Wildman–Crippen MR) is 138 cm³/mol. The van der Waals surface area contributed by atoms with Crippen LogP contribution in [0.3, 0.4) is 0 Å². The molecule has 0 aliphatic carbocycles. The number of nitrogen functional groups attached to an aromatic ring is 1. The van der Waals surface area contributed by atoms with Crippen LogP contribution in [-0.4, -0.2) is 71.1 Å². The SMILES string of the molecule is Cc1ccc(NC(=O)[C@]2(COc3ccc(CC(=O)O)cc3)O[C@@H](n3cnc4c(N)ncnc43)[C@H](O)[C@@H]2O)cc1. The lowest BCUT2D eigenvalue weighted by atomic mass is 9.94. The number of carbonyl (C=O) groups is 2. The van der Waals surface area contributed by atoms with E-state index in [1.807, 2.05) is 19.1 Å². The van der Waals surface area contributed by atoms with E-state index in [1.54, 1.807) is 36.4 Å². The largest absolute Gasteiger partial charge is 0.490 e. The molecule has 202 valence electrons. The lowest BCUT2D eigenvalue weighted by Gasteiger charge is -2.30. The van der Waals surface area contributed by atoms with Gasteiger partial charge in [-0.2, -0.15) is 0 Å². The first-order valence-corrected chi connectivity index (χ1v) is 12.0. The Labute approximate surface area is 221 Å². The minimum absolute atomic E-state index is 0.116. The van der Waals surface area contributed by atoms with Crippen molar-refractivity contribution in [2.45, 2.75) is 37.4 Å². The number of aliphatic hydroxyl groups is 2. The summed E-state index contributed by atoms with van der Waals surface area (Å²) in [5, 5.41) is 34.0. The molecule has 0 spiro atoms. The number of nitrogens with two attached hydrogens (primary N) is 1. The zero-order valence-electron chi connectivity index (χ0n) is 20.8. The monoisotopic (exact) mass is 534 g/mol. The number of carboxylic acid groups (broad SMARTS) is 1. The Balaban J connectivity index is 1.47. The van der Waals surface area contributed by atoms with Crippen LogP contribution in [0.4, 0.5) is 11.5 Å². The van der Waals surface area contributed by atoms with Gasteiger partial charge in [0.2, 0.25) is 5.60 Å². The van der Waals surface area contributed by atoms with E-state index in [0.717, 1.165) is 5.56 Å². The third-order valence-corrected chi connectivity index (χ3v) is 6.51. The molecule has 3 heterocycles. The molecule has 0 saturated carbocycles. The molecule has 4 atom stereocenters. The second-order valence-corrected chi connectivity index (χ2v) is 9.24. The van der Waals surface area contributed by atoms with Gasteiger partial charge in [-0.1, -0.05) is 29.8 Å². The van der Waals surface area contributed by atoms with Gasteiger partial charge in [-0.3, -0.25) is 14.2 Å². The molecule has 1 amide bonds. The number of hydrogen-bond donors (Lipinski definition) is 5. The summed E-state index contributed by atoms with van der Waals surface area (Å²) >= 11 is 0. The van der Waals surface area contributed by atoms with Gasteiger partial charge in [-0.25, -0.2) is 15.0 Å². The van der Waals surface area contributed by atoms with Gasteiger partial charge in [-0.15, -0.1) is 0 Å². The first-order chi connectivity index (χ1) is 18.7. The van der Waals surface area contributed by atoms with Crippen molar-refractivity contribution in [2.75, 3.05) is 17.7 Å². The van der Waals surface area contributed by atoms with Crippen molar-refractivity contribution in [2.24, 2.45) is 0 Å². The van der Waals surface area contributed by atoms with Crippen molar-refractivity contribution in [3.63, 3.8) is 0 Å². The van der Waals surface area contributed by atoms with E-state index in [2.05, 4.69) is 20.3 Å². The Hall–Kier alpha value is -4.59. The maximum absolute atomic E-state index is 13.7. The molecule has 39 heavy (non-hydrogen) atoms. The molecule has 13 nitrogen and oxygen atoms in total. The molecule has 13 heteroatoms. The van der Waals surface area contributed by atoms with Gasteiger partial charge in [0.05, 0.1) is 12.7 Å². The molecule has 5 rings (SSSR count). The number of anilines is 2. The molecule has 0 bridgehead atoms. The number of nitrogens with one attached hydrogen (secondary N) is 1. The third kappa shape index (κ3) is 4.97. The fourth-order valence-corrected chi connectivity index (χ4v) is 4.38. The highest BCUT2D eigenvalue weighted by Gasteiger charge is 2.60. The Morgan fingerprint density at radius 2 is 1.82 bits per heavy atom. The fraction of sp³-hybridized carbons (Fsp3) is 0.269. The number of nitrogens with zero attached hydrogens (tertiary/aromatic N) is 4. The Morgan fingerprint density at radius 3 is 2.51 bits per heavy atom. The lowest BCUT2D eigenvalue weighted by Crippen LogP contribution is -2.56. The summed E-state index contributed by atoms with van der Waals surface area (Å²) in [6.45, 7) is 1.42. The minimum atomic E-state index is -2.07. The number of ether oxygens (including phenoxy) is 2. The van der Waals surface area contributed by atoms with Gasteiger partial charge in [0.25, 0.3) is 5.91 Å². The highest BCUT2D eigenvalue weighted by Crippen LogP contribution is 2.40. The first kappa shape index (κ1) is 26.0. The number of aromatic nitrogens is 4. The van der Waals surface area contributed by atoms with Crippen molar-refractivity contribution in [1.29, 1.82) is 0 Å². The zero-order valence-corrected chi connectivity index (χ0v) is 20.8. The number of carbonyl (C=O) groups excluding carboxylic acids is 1. The molecule has 1 saturated heterocycles. The molecule has 1 fully saturated rings. The van der Waals surface area contributed by atoms with Crippen LogP contribution < -0.4 is 15.8 Å². The fourth-order valence-electron chi connectivity index (χ4n) is 4.38. The quantitative estimate of drug-likeness (QED) is 0.217. The van der Waals surface area contributed by atoms with Gasteiger partial charge in [0.15, 0.2) is 17.7 Å². The van der Waals surface area contributed by atoms with Crippen molar-refractivity contribution in [1.82, 2.24) is 19.5 Å². The Kier molecular flexibility index (Phi) is 6.87. The average molecular weight is 535 g/mol. The second-order valence-electron chi connectivity index (χ2n) is 9.24. The summed E-state index contributed by atoms with van der Waals surface area (Å²) in [5.41, 5.74) is 6.31. The summed E-state index contributed by atoms with van der Waals surface area (Å²) < 4.78 is 13.3. The predicted octanol–water partition coefficient (Wildman–Crippen LogP) is 1.05. The van der Waals surface area contributed by atoms with Gasteiger partial charge in [0, 0.05) is 5.69 Å². The number of aryl methyl sites for hydroxylation is 1. The topological polar surface area (TPSA) is 195 Å². The van der Waals surface area contributed by atoms with Crippen LogP contribution in [-0.2, 0) is 20.7 Å². The minimum Gasteiger partial charge on any atom is -0.490 e. The normalized spacial score (nSPS) is 22.6. The van der Waals surface area contributed by atoms with Crippen molar-refractivity contribution >= 4 is 34.5 Å². The number of benzene rings is 2. The highest BCUT2D eigenvalue weighted by molar-refractivity contribution is 5.98. The summed E-state index contributed by atoms with van der Waals surface area (Å²) in [4.78, 5) is 36.9. The summed E-state index contributed by atoms with van der Waals surface area (Å²) in [5.74, 6) is -1.31. The molecule has 4 aromatic rings. The van der Waals surface area contributed by atoms with Crippen molar-refractivity contribution in [3.8, 4) is 5.75 Å². The molecule has 1 aliphatic heterocycles. The van der Waals surface area contributed by atoms with Crippen LogP contribution in [0.15, 0.2) is 61.2 Å². The van der Waals surface area contributed by atoms with Gasteiger partial charge in [-0.05, 0) is 36.8 Å². The van der Waals surface area contributed by atoms with Crippen LogP contribution in [0.25, 0.3) is 11.2 Å². The molecule has 0 unspecified atom stereocenters. The first-order valence-electron chi connectivity index (χ1n) is 12.0. The van der Waals surface area contributed by atoms with Crippen LogP contribution in [0, 0.1) is 6.92 Å². The number of aliphatic carboxylic acids is 1. The van der Waals surface area contributed by atoms with E-state index >= 15 is 0 Å². The maximum Gasteiger partial charge on any atom is 0.307 e. The van der Waals surface area contributed by atoms with Crippen LogP contribution in [0.1, 0.15) is 17.4 Å². The number of amides is 1. The van der Waals surface area contributed by atoms with Crippen LogP contribution >= 0.6 is 0 Å².